The lowest BCUT2D eigenvalue weighted by molar-refractivity contribution is 0.0764. The predicted molar refractivity (Wildman–Crippen MR) is 82.2 cm³/mol. The molecule has 0 saturated carbocycles. The first-order chi connectivity index (χ1) is 10.1. The molecule has 2 N–H and O–H groups in total. The van der Waals surface area contributed by atoms with Gasteiger partial charge >= 0.3 is 0 Å². The van der Waals surface area contributed by atoms with Gasteiger partial charge in [0.2, 0.25) is 0 Å². The Morgan fingerprint density at radius 1 is 1.52 bits per heavy atom. The standard InChI is InChI=1S/C13H12ClN5OS/c1-2-18(15)13(20)12-17-10(11(14)21-12)8-7-16-19-6-4-3-5-9(8)19/h3-7H,2,15H2,1H3. The first-order valence-corrected chi connectivity index (χ1v) is 7.47. The zero-order valence-electron chi connectivity index (χ0n) is 11.2. The summed E-state index contributed by atoms with van der Waals surface area (Å²) in [5.41, 5.74) is 2.22. The molecule has 1 amide bonds. The molecular formula is C13H12ClN5OS. The normalized spacial score (nSPS) is 11.0. The van der Waals surface area contributed by atoms with E-state index in [4.69, 9.17) is 17.4 Å². The fourth-order valence-electron chi connectivity index (χ4n) is 1.94. The number of thiazole rings is 1. The molecule has 3 aromatic heterocycles. The van der Waals surface area contributed by atoms with Gasteiger partial charge in [-0.1, -0.05) is 29.0 Å². The van der Waals surface area contributed by atoms with Crippen molar-refractivity contribution in [2.24, 2.45) is 5.84 Å². The fourth-order valence-corrected chi connectivity index (χ4v) is 3.07. The van der Waals surface area contributed by atoms with E-state index < -0.39 is 0 Å². The number of aromatic nitrogens is 3. The highest BCUT2D eigenvalue weighted by molar-refractivity contribution is 7.18. The summed E-state index contributed by atoms with van der Waals surface area (Å²) in [5.74, 6) is 5.27. The van der Waals surface area contributed by atoms with Crippen LogP contribution in [0.1, 0.15) is 16.7 Å². The maximum Gasteiger partial charge on any atom is 0.296 e. The second-order valence-electron chi connectivity index (χ2n) is 4.32. The molecule has 0 aliphatic carbocycles. The van der Waals surface area contributed by atoms with Gasteiger partial charge in [0, 0.05) is 18.3 Å². The summed E-state index contributed by atoms with van der Waals surface area (Å²) >= 11 is 7.36. The van der Waals surface area contributed by atoms with Gasteiger partial charge in [-0.3, -0.25) is 9.80 Å². The molecule has 0 aromatic carbocycles. The molecular weight excluding hydrogens is 310 g/mol. The molecule has 0 bridgehead atoms. The highest BCUT2D eigenvalue weighted by atomic mass is 35.5. The number of carbonyl (C=O) groups is 1. The van der Waals surface area contributed by atoms with E-state index in [-0.39, 0.29) is 10.9 Å². The minimum atomic E-state index is -0.341. The second kappa shape index (κ2) is 5.44. The second-order valence-corrected chi connectivity index (χ2v) is 5.92. The first-order valence-electron chi connectivity index (χ1n) is 6.27. The molecule has 0 spiro atoms. The van der Waals surface area contributed by atoms with Gasteiger partial charge in [-0.2, -0.15) is 5.10 Å². The molecule has 8 heteroatoms. The maximum absolute atomic E-state index is 12.0. The zero-order chi connectivity index (χ0) is 15.0. The molecule has 3 heterocycles. The number of carbonyl (C=O) groups excluding carboxylic acids is 1. The highest BCUT2D eigenvalue weighted by Gasteiger charge is 2.21. The first kappa shape index (κ1) is 14.0. The third kappa shape index (κ3) is 2.39. The monoisotopic (exact) mass is 321 g/mol. The Morgan fingerprint density at radius 3 is 3.10 bits per heavy atom. The zero-order valence-corrected chi connectivity index (χ0v) is 12.7. The minimum absolute atomic E-state index is 0.273. The van der Waals surface area contributed by atoms with Crippen LogP contribution in [-0.2, 0) is 0 Å². The van der Waals surface area contributed by atoms with Crippen LogP contribution in [0.3, 0.4) is 0 Å². The van der Waals surface area contributed by atoms with Gasteiger partial charge in [-0.15, -0.1) is 0 Å². The summed E-state index contributed by atoms with van der Waals surface area (Å²) in [6.07, 6.45) is 3.52. The molecule has 0 aliphatic rings. The van der Waals surface area contributed by atoms with Crippen molar-refractivity contribution >= 4 is 34.4 Å². The van der Waals surface area contributed by atoms with E-state index >= 15 is 0 Å². The number of fused-ring (bicyclic) bond motifs is 1. The van der Waals surface area contributed by atoms with Crippen LogP contribution in [0, 0.1) is 0 Å². The van der Waals surface area contributed by atoms with Crippen LogP contribution in [0.2, 0.25) is 4.34 Å². The quantitative estimate of drug-likeness (QED) is 0.456. The number of hydrogen-bond acceptors (Lipinski definition) is 5. The number of hydrazine groups is 1. The van der Waals surface area contributed by atoms with Crippen LogP contribution >= 0.6 is 22.9 Å². The summed E-state index contributed by atoms with van der Waals surface area (Å²) in [7, 11) is 0. The largest absolute Gasteiger partial charge is 0.296 e. The Hall–Kier alpha value is -1.96. The lowest BCUT2D eigenvalue weighted by atomic mass is 10.2. The Bertz CT molecular complexity index is 812. The van der Waals surface area contributed by atoms with Crippen molar-refractivity contribution in [2.45, 2.75) is 6.92 Å². The van der Waals surface area contributed by atoms with Crippen molar-refractivity contribution < 1.29 is 4.79 Å². The van der Waals surface area contributed by atoms with Gasteiger partial charge in [0.25, 0.3) is 5.91 Å². The predicted octanol–water partition coefficient (Wildman–Crippen LogP) is 2.45. The van der Waals surface area contributed by atoms with Gasteiger partial charge in [-0.25, -0.2) is 15.3 Å². The molecule has 0 unspecified atom stereocenters. The minimum Gasteiger partial charge on any atom is -0.275 e. The third-order valence-corrected chi connectivity index (χ3v) is 4.29. The molecule has 21 heavy (non-hydrogen) atoms. The molecule has 0 aliphatic heterocycles. The van der Waals surface area contributed by atoms with Crippen molar-refractivity contribution in [1.29, 1.82) is 0 Å². The lowest BCUT2D eigenvalue weighted by Gasteiger charge is -2.10. The molecule has 0 saturated heterocycles. The maximum atomic E-state index is 12.0. The number of pyridine rings is 1. The van der Waals surface area contributed by atoms with E-state index in [1.807, 2.05) is 24.4 Å². The summed E-state index contributed by atoms with van der Waals surface area (Å²) in [6.45, 7) is 2.20. The van der Waals surface area contributed by atoms with Crippen molar-refractivity contribution in [3.8, 4) is 11.3 Å². The topological polar surface area (TPSA) is 76.5 Å². The average molecular weight is 322 g/mol. The van der Waals surface area contributed by atoms with Crippen molar-refractivity contribution in [3.63, 3.8) is 0 Å². The van der Waals surface area contributed by atoms with Gasteiger partial charge < -0.3 is 0 Å². The lowest BCUT2D eigenvalue weighted by Crippen LogP contribution is -2.36. The fraction of sp³-hybridized carbons (Fsp3) is 0.154. The Balaban J connectivity index is 2.08. The van der Waals surface area contributed by atoms with Crippen molar-refractivity contribution in [2.75, 3.05) is 6.54 Å². The van der Waals surface area contributed by atoms with Crippen molar-refractivity contribution in [3.05, 3.63) is 39.9 Å². The van der Waals surface area contributed by atoms with Crippen molar-refractivity contribution in [1.82, 2.24) is 19.6 Å². The summed E-state index contributed by atoms with van der Waals surface area (Å²) in [6, 6.07) is 5.71. The van der Waals surface area contributed by atoms with E-state index in [1.165, 1.54) is 0 Å². The summed E-state index contributed by atoms with van der Waals surface area (Å²) in [5, 5.41) is 5.62. The smallest absolute Gasteiger partial charge is 0.275 e. The van der Waals surface area contributed by atoms with E-state index in [0.717, 1.165) is 27.4 Å². The van der Waals surface area contributed by atoms with E-state index in [2.05, 4.69) is 10.1 Å². The van der Waals surface area contributed by atoms with Gasteiger partial charge in [0.15, 0.2) is 5.01 Å². The Morgan fingerprint density at radius 2 is 2.33 bits per heavy atom. The Labute approximate surface area is 129 Å². The number of rotatable bonds is 3. The number of hydrogen-bond donors (Lipinski definition) is 1. The van der Waals surface area contributed by atoms with Crippen LogP contribution in [0.25, 0.3) is 16.8 Å². The van der Waals surface area contributed by atoms with E-state index in [1.54, 1.807) is 17.6 Å². The van der Waals surface area contributed by atoms with Crippen LogP contribution < -0.4 is 5.84 Å². The van der Waals surface area contributed by atoms with E-state index in [0.29, 0.717) is 16.6 Å². The number of amides is 1. The highest BCUT2D eigenvalue weighted by Crippen LogP contribution is 2.35. The molecule has 108 valence electrons. The third-order valence-electron chi connectivity index (χ3n) is 3.05. The molecule has 6 nitrogen and oxygen atoms in total. The molecule has 0 fully saturated rings. The van der Waals surface area contributed by atoms with Crippen LogP contribution in [-0.4, -0.2) is 32.1 Å². The SMILES string of the molecule is CCN(N)C(=O)c1nc(-c2cnn3ccccc23)c(Cl)s1. The number of nitrogens with zero attached hydrogens (tertiary/aromatic N) is 4. The van der Waals surface area contributed by atoms with Gasteiger partial charge in [0.1, 0.15) is 10.0 Å². The van der Waals surface area contributed by atoms with Crippen LogP contribution in [0.15, 0.2) is 30.6 Å². The molecule has 0 radical (unpaired) electrons. The number of halogens is 1. The van der Waals surface area contributed by atoms with Crippen LogP contribution in [0.4, 0.5) is 0 Å². The summed E-state index contributed by atoms with van der Waals surface area (Å²) in [4.78, 5) is 16.4. The van der Waals surface area contributed by atoms with E-state index in [9.17, 15) is 4.79 Å². The summed E-state index contributed by atoms with van der Waals surface area (Å²) < 4.78 is 2.18. The molecule has 3 rings (SSSR count). The average Bonchev–Trinajstić information content (AvgIpc) is 3.09. The van der Waals surface area contributed by atoms with Crippen LogP contribution in [0.5, 0.6) is 0 Å². The Kier molecular flexibility index (Phi) is 3.62. The number of nitrogens with two attached hydrogens (primary N) is 1. The molecule has 3 aromatic rings. The van der Waals surface area contributed by atoms with Gasteiger partial charge in [-0.05, 0) is 19.1 Å². The van der Waals surface area contributed by atoms with Gasteiger partial charge in [0.05, 0.1) is 11.7 Å². The molecule has 0 atom stereocenters.